The molecule has 0 radical (unpaired) electrons. The standard InChI is InChI=1S/C16H14F3N3O3/c17-16(18,19)10-2-1-3-11(8-10)22-7-4-12(21-22)13(23)20-9-15(5-6-15)14(24)25/h1-4,7-8H,5-6,9H2,(H,20,23)(H,24,25). The zero-order valence-electron chi connectivity index (χ0n) is 12.9. The molecule has 0 bridgehead atoms. The van der Waals surface area contributed by atoms with Crippen molar-refractivity contribution in [1.82, 2.24) is 15.1 Å². The molecule has 1 saturated carbocycles. The van der Waals surface area contributed by atoms with Crippen LogP contribution in [0, 0.1) is 5.41 Å². The van der Waals surface area contributed by atoms with Gasteiger partial charge in [-0.3, -0.25) is 9.59 Å². The molecule has 2 N–H and O–H groups in total. The Labute approximate surface area is 140 Å². The van der Waals surface area contributed by atoms with Gasteiger partial charge in [0.2, 0.25) is 0 Å². The van der Waals surface area contributed by atoms with Gasteiger partial charge in [0.1, 0.15) is 0 Å². The van der Waals surface area contributed by atoms with Crippen molar-refractivity contribution in [2.24, 2.45) is 5.41 Å². The maximum atomic E-state index is 12.8. The Kier molecular flexibility index (Phi) is 4.02. The third kappa shape index (κ3) is 3.49. The van der Waals surface area contributed by atoms with E-state index in [-0.39, 0.29) is 17.9 Å². The van der Waals surface area contributed by atoms with Gasteiger partial charge in [-0.15, -0.1) is 0 Å². The number of hydrogen-bond donors (Lipinski definition) is 2. The van der Waals surface area contributed by atoms with E-state index in [0.29, 0.717) is 12.8 Å². The molecule has 0 unspecified atom stereocenters. The van der Waals surface area contributed by atoms with Gasteiger partial charge in [0, 0.05) is 12.7 Å². The molecular weight excluding hydrogens is 339 g/mol. The highest BCUT2D eigenvalue weighted by molar-refractivity contribution is 5.92. The van der Waals surface area contributed by atoms with Gasteiger partial charge in [0.05, 0.1) is 16.7 Å². The molecular formula is C16H14F3N3O3. The molecule has 9 heteroatoms. The van der Waals surface area contributed by atoms with Crippen LogP contribution in [0.15, 0.2) is 36.5 Å². The predicted molar refractivity (Wildman–Crippen MR) is 80.2 cm³/mol. The van der Waals surface area contributed by atoms with Gasteiger partial charge in [-0.05, 0) is 37.1 Å². The molecule has 0 saturated heterocycles. The Morgan fingerprint density at radius 1 is 1.28 bits per heavy atom. The number of nitrogens with zero attached hydrogens (tertiary/aromatic N) is 2. The minimum atomic E-state index is -4.47. The van der Waals surface area contributed by atoms with Gasteiger partial charge in [0.15, 0.2) is 5.69 Å². The first-order valence-corrected chi connectivity index (χ1v) is 7.46. The predicted octanol–water partition coefficient (Wildman–Crippen LogP) is 2.49. The lowest BCUT2D eigenvalue weighted by atomic mass is 10.1. The molecule has 1 amide bonds. The van der Waals surface area contributed by atoms with Crippen molar-refractivity contribution in [3.63, 3.8) is 0 Å². The van der Waals surface area contributed by atoms with E-state index in [1.54, 1.807) is 0 Å². The molecule has 0 spiro atoms. The van der Waals surface area contributed by atoms with Crippen LogP contribution in [0.5, 0.6) is 0 Å². The minimum Gasteiger partial charge on any atom is -0.481 e. The summed E-state index contributed by atoms with van der Waals surface area (Å²) in [6.45, 7) is -0.00240. The zero-order valence-corrected chi connectivity index (χ0v) is 12.9. The lowest BCUT2D eigenvalue weighted by Crippen LogP contribution is -2.34. The van der Waals surface area contributed by atoms with Crippen molar-refractivity contribution in [1.29, 1.82) is 0 Å². The lowest BCUT2D eigenvalue weighted by molar-refractivity contribution is -0.143. The monoisotopic (exact) mass is 353 g/mol. The van der Waals surface area contributed by atoms with Gasteiger partial charge in [-0.2, -0.15) is 18.3 Å². The van der Waals surface area contributed by atoms with E-state index in [4.69, 9.17) is 5.11 Å². The van der Waals surface area contributed by atoms with Crippen LogP contribution in [0.1, 0.15) is 28.9 Å². The number of hydrogen-bond acceptors (Lipinski definition) is 3. The van der Waals surface area contributed by atoms with Crippen LogP contribution < -0.4 is 5.32 Å². The van der Waals surface area contributed by atoms with Crippen molar-refractivity contribution in [3.05, 3.63) is 47.8 Å². The summed E-state index contributed by atoms with van der Waals surface area (Å²) < 4.78 is 39.4. The molecule has 1 fully saturated rings. The summed E-state index contributed by atoms with van der Waals surface area (Å²) in [6.07, 6.45) is -2.10. The molecule has 1 aliphatic rings. The Hall–Kier alpha value is -2.84. The first-order chi connectivity index (χ1) is 11.7. The van der Waals surface area contributed by atoms with Crippen molar-refractivity contribution >= 4 is 11.9 Å². The van der Waals surface area contributed by atoms with Crippen LogP contribution in [0.4, 0.5) is 13.2 Å². The second kappa shape index (κ2) is 5.91. The highest BCUT2D eigenvalue weighted by Crippen LogP contribution is 2.45. The molecule has 1 heterocycles. The largest absolute Gasteiger partial charge is 0.481 e. The van der Waals surface area contributed by atoms with Gasteiger partial charge in [0.25, 0.3) is 5.91 Å². The molecule has 25 heavy (non-hydrogen) atoms. The molecule has 6 nitrogen and oxygen atoms in total. The Bertz CT molecular complexity index is 825. The molecule has 0 atom stereocenters. The van der Waals surface area contributed by atoms with Crippen LogP contribution in [0.2, 0.25) is 0 Å². The second-order valence-corrected chi connectivity index (χ2v) is 5.96. The number of amides is 1. The topological polar surface area (TPSA) is 84.2 Å². The van der Waals surface area contributed by atoms with Crippen molar-refractivity contribution < 1.29 is 27.9 Å². The maximum Gasteiger partial charge on any atom is 0.416 e. The second-order valence-electron chi connectivity index (χ2n) is 5.96. The number of aliphatic carboxylic acids is 1. The van der Waals surface area contributed by atoms with Gasteiger partial charge >= 0.3 is 12.1 Å². The number of carbonyl (C=O) groups is 2. The Balaban J connectivity index is 1.72. The summed E-state index contributed by atoms with van der Waals surface area (Å²) in [5, 5.41) is 15.5. The summed E-state index contributed by atoms with van der Waals surface area (Å²) >= 11 is 0. The zero-order chi connectivity index (χ0) is 18.2. The smallest absolute Gasteiger partial charge is 0.416 e. The minimum absolute atomic E-state index is 0.00130. The number of nitrogens with one attached hydrogen (secondary N) is 1. The molecule has 1 aromatic carbocycles. The van der Waals surface area contributed by atoms with E-state index in [0.717, 1.165) is 16.8 Å². The van der Waals surface area contributed by atoms with E-state index in [2.05, 4.69) is 10.4 Å². The number of carbonyl (C=O) groups excluding carboxylic acids is 1. The maximum absolute atomic E-state index is 12.8. The summed E-state index contributed by atoms with van der Waals surface area (Å²) in [4.78, 5) is 23.1. The summed E-state index contributed by atoms with van der Waals surface area (Å²) in [6, 6.07) is 5.92. The number of alkyl halides is 3. The summed E-state index contributed by atoms with van der Waals surface area (Å²) in [5.41, 5.74) is -1.56. The van der Waals surface area contributed by atoms with Crippen molar-refractivity contribution in [2.75, 3.05) is 6.54 Å². The van der Waals surface area contributed by atoms with E-state index in [9.17, 15) is 22.8 Å². The highest BCUT2D eigenvalue weighted by atomic mass is 19.4. The van der Waals surface area contributed by atoms with E-state index in [1.165, 1.54) is 24.4 Å². The molecule has 3 rings (SSSR count). The molecule has 1 aliphatic carbocycles. The van der Waals surface area contributed by atoms with Gasteiger partial charge in [-0.1, -0.05) is 6.07 Å². The normalized spacial score (nSPS) is 15.6. The Morgan fingerprint density at radius 2 is 2.00 bits per heavy atom. The Morgan fingerprint density at radius 3 is 2.60 bits per heavy atom. The number of halogens is 3. The van der Waals surface area contributed by atoms with E-state index < -0.39 is 29.0 Å². The van der Waals surface area contributed by atoms with Crippen LogP contribution >= 0.6 is 0 Å². The third-order valence-electron chi connectivity index (χ3n) is 4.15. The van der Waals surface area contributed by atoms with Gasteiger partial charge < -0.3 is 10.4 Å². The van der Waals surface area contributed by atoms with E-state index >= 15 is 0 Å². The quantitative estimate of drug-likeness (QED) is 0.865. The molecule has 2 aromatic rings. The fraction of sp³-hybridized carbons (Fsp3) is 0.312. The highest BCUT2D eigenvalue weighted by Gasteiger charge is 2.50. The fourth-order valence-electron chi connectivity index (χ4n) is 2.37. The first-order valence-electron chi connectivity index (χ1n) is 7.46. The van der Waals surface area contributed by atoms with Crippen LogP contribution in [-0.2, 0) is 11.0 Å². The number of rotatable bonds is 5. The van der Waals surface area contributed by atoms with Crippen molar-refractivity contribution in [2.45, 2.75) is 19.0 Å². The van der Waals surface area contributed by atoms with Crippen molar-refractivity contribution in [3.8, 4) is 5.69 Å². The SMILES string of the molecule is O=C(NCC1(C(=O)O)CC1)c1ccn(-c2cccc(C(F)(F)F)c2)n1. The average Bonchev–Trinajstić information content (AvgIpc) is 3.20. The first kappa shape index (κ1) is 17.0. The molecule has 0 aliphatic heterocycles. The average molecular weight is 353 g/mol. The molecule has 1 aromatic heterocycles. The van der Waals surface area contributed by atoms with E-state index in [1.807, 2.05) is 0 Å². The number of benzene rings is 1. The van der Waals surface area contributed by atoms with Crippen LogP contribution in [0.3, 0.4) is 0 Å². The summed E-state index contributed by atoms with van der Waals surface area (Å²) in [7, 11) is 0. The lowest BCUT2D eigenvalue weighted by Gasteiger charge is -2.10. The number of carboxylic acid groups (broad SMARTS) is 1. The third-order valence-corrected chi connectivity index (χ3v) is 4.15. The molecule has 132 valence electrons. The summed E-state index contributed by atoms with van der Waals surface area (Å²) in [5.74, 6) is -1.53. The fourth-order valence-corrected chi connectivity index (χ4v) is 2.37. The number of aromatic nitrogens is 2. The van der Waals surface area contributed by atoms with Crippen LogP contribution in [-0.4, -0.2) is 33.3 Å². The number of carboxylic acids is 1. The van der Waals surface area contributed by atoms with Gasteiger partial charge in [-0.25, -0.2) is 4.68 Å². The van der Waals surface area contributed by atoms with Crippen LogP contribution in [0.25, 0.3) is 5.69 Å².